The molecule has 1 fully saturated rings. The molecule has 3 heterocycles. The van der Waals surface area contributed by atoms with Crippen LogP contribution in [0, 0.1) is 10.8 Å². The maximum Gasteiger partial charge on any atom is 0.123 e. The number of benzene rings is 1. The number of ether oxygens (including phenoxy) is 1. The lowest BCUT2D eigenvalue weighted by molar-refractivity contribution is -0.0000596. The smallest absolute Gasteiger partial charge is 0.123 e. The van der Waals surface area contributed by atoms with Crippen molar-refractivity contribution in [1.82, 2.24) is 14.9 Å². The summed E-state index contributed by atoms with van der Waals surface area (Å²) in [7, 11) is 0. The Morgan fingerprint density at radius 2 is 2.03 bits per heavy atom. The molecule has 1 aromatic carbocycles. The van der Waals surface area contributed by atoms with E-state index in [4.69, 9.17) is 4.74 Å². The highest BCUT2D eigenvalue weighted by Gasteiger charge is 2.51. The van der Waals surface area contributed by atoms with Crippen LogP contribution >= 0.6 is 0 Å². The van der Waals surface area contributed by atoms with Gasteiger partial charge in [-0.15, -0.1) is 0 Å². The number of rotatable bonds is 4. The standard InChI is InChI=1S/C26H31N3O/c1-25(2,3)24-26(18-27-24)12-9-20(10-13-26)22-16-28-29-14-11-21(15-23(22)29)30-17-19-7-5-4-6-8-19/h4-9,11,14-16,24,27H,10,12-13,17-18H2,1-3H3. The zero-order valence-corrected chi connectivity index (χ0v) is 18.2. The Morgan fingerprint density at radius 3 is 2.70 bits per heavy atom. The van der Waals surface area contributed by atoms with E-state index in [0.717, 1.165) is 30.7 Å². The monoisotopic (exact) mass is 401 g/mol. The number of allylic oxidation sites excluding steroid dienone is 2. The highest BCUT2D eigenvalue weighted by Crippen LogP contribution is 2.50. The van der Waals surface area contributed by atoms with Crippen LogP contribution < -0.4 is 10.1 Å². The van der Waals surface area contributed by atoms with E-state index in [0.29, 0.717) is 23.5 Å². The summed E-state index contributed by atoms with van der Waals surface area (Å²) in [5.41, 5.74) is 5.70. The molecule has 1 spiro atoms. The van der Waals surface area contributed by atoms with E-state index >= 15 is 0 Å². The van der Waals surface area contributed by atoms with Crippen LogP contribution in [0.3, 0.4) is 0 Å². The summed E-state index contributed by atoms with van der Waals surface area (Å²) in [4.78, 5) is 0. The number of hydrogen-bond donors (Lipinski definition) is 1. The van der Waals surface area contributed by atoms with Gasteiger partial charge in [-0.1, -0.05) is 57.2 Å². The van der Waals surface area contributed by atoms with Crippen LogP contribution in [-0.4, -0.2) is 22.2 Å². The maximum absolute atomic E-state index is 6.05. The molecule has 0 saturated carbocycles. The Morgan fingerprint density at radius 1 is 1.20 bits per heavy atom. The van der Waals surface area contributed by atoms with E-state index in [1.807, 2.05) is 41.2 Å². The number of nitrogens with one attached hydrogen (secondary N) is 1. The molecule has 156 valence electrons. The van der Waals surface area contributed by atoms with Gasteiger partial charge in [-0.2, -0.15) is 5.10 Å². The van der Waals surface area contributed by atoms with Gasteiger partial charge >= 0.3 is 0 Å². The maximum atomic E-state index is 6.05. The second-order valence-electron chi connectivity index (χ2n) is 10.0. The molecule has 1 saturated heterocycles. The fourth-order valence-corrected chi connectivity index (χ4v) is 5.34. The SMILES string of the molecule is CC(C)(C)C1NCC12CC=C(c1cnn3ccc(OCc4ccccc4)cc13)CC2. The lowest BCUT2D eigenvalue weighted by Crippen LogP contribution is -2.67. The summed E-state index contributed by atoms with van der Waals surface area (Å²) < 4.78 is 8.01. The summed E-state index contributed by atoms with van der Waals surface area (Å²) >= 11 is 0. The minimum atomic E-state index is 0.305. The fourth-order valence-electron chi connectivity index (χ4n) is 5.34. The van der Waals surface area contributed by atoms with Crippen molar-refractivity contribution in [2.75, 3.05) is 6.54 Å². The predicted octanol–water partition coefficient (Wildman–Crippen LogP) is 5.48. The van der Waals surface area contributed by atoms with Gasteiger partial charge in [-0.3, -0.25) is 0 Å². The number of fused-ring (bicyclic) bond motifs is 1. The number of pyridine rings is 1. The van der Waals surface area contributed by atoms with Crippen molar-refractivity contribution in [3.63, 3.8) is 0 Å². The lowest BCUT2D eigenvalue weighted by Gasteiger charge is -2.57. The third-order valence-corrected chi connectivity index (χ3v) is 6.87. The zero-order valence-electron chi connectivity index (χ0n) is 18.2. The van der Waals surface area contributed by atoms with E-state index in [9.17, 15) is 0 Å². The van der Waals surface area contributed by atoms with Gasteiger partial charge in [0.25, 0.3) is 0 Å². The minimum Gasteiger partial charge on any atom is -0.489 e. The van der Waals surface area contributed by atoms with E-state index in [1.165, 1.54) is 23.1 Å². The van der Waals surface area contributed by atoms with Crippen molar-refractivity contribution in [2.45, 2.75) is 52.7 Å². The second-order valence-corrected chi connectivity index (χ2v) is 10.0. The van der Waals surface area contributed by atoms with Crippen molar-refractivity contribution in [1.29, 1.82) is 0 Å². The van der Waals surface area contributed by atoms with E-state index in [1.54, 1.807) is 0 Å². The molecule has 0 amide bonds. The van der Waals surface area contributed by atoms with Crippen LogP contribution in [0.25, 0.3) is 11.1 Å². The molecule has 0 bridgehead atoms. The Hall–Kier alpha value is -2.59. The molecule has 2 unspecified atom stereocenters. The predicted molar refractivity (Wildman–Crippen MR) is 121 cm³/mol. The average molecular weight is 402 g/mol. The van der Waals surface area contributed by atoms with Gasteiger partial charge in [0.2, 0.25) is 0 Å². The highest BCUT2D eigenvalue weighted by atomic mass is 16.5. The van der Waals surface area contributed by atoms with Crippen molar-refractivity contribution >= 4 is 11.1 Å². The molecule has 5 rings (SSSR count). The lowest BCUT2D eigenvalue weighted by atomic mass is 9.58. The Balaban J connectivity index is 1.36. The normalized spacial score (nSPS) is 24.0. The molecule has 2 atom stereocenters. The number of aromatic nitrogens is 2. The summed E-state index contributed by atoms with van der Waals surface area (Å²) in [6.45, 7) is 8.78. The van der Waals surface area contributed by atoms with Gasteiger partial charge in [0, 0.05) is 35.8 Å². The van der Waals surface area contributed by atoms with E-state index < -0.39 is 0 Å². The first-order valence-corrected chi connectivity index (χ1v) is 11.0. The molecule has 4 heteroatoms. The zero-order chi connectivity index (χ0) is 20.8. The molecule has 2 aliphatic rings. The molecule has 30 heavy (non-hydrogen) atoms. The quantitative estimate of drug-likeness (QED) is 0.629. The van der Waals surface area contributed by atoms with Gasteiger partial charge in [0.05, 0.1) is 11.7 Å². The molecule has 3 aromatic rings. The molecule has 1 aliphatic heterocycles. The third kappa shape index (κ3) is 3.43. The van der Waals surface area contributed by atoms with Crippen LogP contribution in [0.2, 0.25) is 0 Å². The van der Waals surface area contributed by atoms with Crippen LogP contribution in [-0.2, 0) is 6.61 Å². The average Bonchev–Trinajstić information content (AvgIpc) is 3.14. The Bertz CT molecular complexity index is 1080. The topological polar surface area (TPSA) is 38.6 Å². The molecule has 0 radical (unpaired) electrons. The van der Waals surface area contributed by atoms with Gasteiger partial charge in [0.15, 0.2) is 0 Å². The van der Waals surface area contributed by atoms with Crippen LogP contribution in [0.5, 0.6) is 5.75 Å². The second kappa shape index (κ2) is 7.28. The molecular weight excluding hydrogens is 370 g/mol. The largest absolute Gasteiger partial charge is 0.489 e. The fraction of sp³-hybridized carbons (Fsp3) is 0.423. The molecular formula is C26H31N3O. The summed E-state index contributed by atoms with van der Waals surface area (Å²) in [6.07, 6.45) is 9.99. The first-order valence-electron chi connectivity index (χ1n) is 11.0. The first kappa shape index (κ1) is 19.4. The van der Waals surface area contributed by atoms with Crippen LogP contribution in [0.4, 0.5) is 0 Å². The van der Waals surface area contributed by atoms with Gasteiger partial charge in [-0.25, -0.2) is 4.52 Å². The number of nitrogens with zero attached hydrogens (tertiary/aromatic N) is 2. The number of hydrogen-bond acceptors (Lipinski definition) is 3. The van der Waals surface area contributed by atoms with Crippen molar-refractivity contribution in [3.05, 3.63) is 72.1 Å². The third-order valence-electron chi connectivity index (χ3n) is 6.87. The summed E-state index contributed by atoms with van der Waals surface area (Å²) in [6, 6.07) is 15.0. The minimum absolute atomic E-state index is 0.305. The highest BCUT2D eigenvalue weighted by molar-refractivity contribution is 5.79. The molecule has 1 N–H and O–H groups in total. The van der Waals surface area contributed by atoms with Crippen molar-refractivity contribution < 1.29 is 4.74 Å². The van der Waals surface area contributed by atoms with E-state index in [-0.39, 0.29) is 0 Å². The van der Waals surface area contributed by atoms with E-state index in [2.05, 4.69) is 55.5 Å². The van der Waals surface area contributed by atoms with Gasteiger partial charge in [0.1, 0.15) is 12.4 Å². The van der Waals surface area contributed by atoms with Gasteiger partial charge < -0.3 is 10.1 Å². The first-order chi connectivity index (χ1) is 14.4. The molecule has 1 aliphatic carbocycles. The summed E-state index contributed by atoms with van der Waals surface area (Å²) in [5.74, 6) is 0.886. The van der Waals surface area contributed by atoms with Crippen LogP contribution in [0.1, 0.15) is 51.2 Å². The van der Waals surface area contributed by atoms with Crippen molar-refractivity contribution in [3.8, 4) is 5.75 Å². The van der Waals surface area contributed by atoms with Crippen molar-refractivity contribution in [2.24, 2.45) is 10.8 Å². The molecule has 2 aromatic heterocycles. The Labute approximate surface area is 179 Å². The summed E-state index contributed by atoms with van der Waals surface area (Å²) in [5, 5.41) is 8.28. The Kier molecular flexibility index (Phi) is 4.70. The molecule has 4 nitrogen and oxygen atoms in total. The van der Waals surface area contributed by atoms with Crippen LogP contribution in [0.15, 0.2) is 60.9 Å². The van der Waals surface area contributed by atoms with Gasteiger partial charge in [-0.05, 0) is 41.9 Å².